The molecule has 0 atom stereocenters. The largest absolute Gasteiger partial charge is 0.337 e. The third-order valence-corrected chi connectivity index (χ3v) is 3.89. The summed E-state index contributed by atoms with van der Waals surface area (Å²) in [6, 6.07) is 7.72. The summed E-state index contributed by atoms with van der Waals surface area (Å²) in [6.07, 6.45) is 0. The molecule has 1 amide bonds. The number of aromatic nitrogens is 2. The number of thiophene rings is 1. The first-order valence-corrected chi connectivity index (χ1v) is 6.59. The monoisotopic (exact) mass is 304 g/mol. The van der Waals surface area contributed by atoms with Crippen LogP contribution in [0.2, 0.25) is 0 Å². The number of aromatic amines is 1. The van der Waals surface area contributed by atoms with Crippen molar-refractivity contribution in [2.75, 3.05) is 0 Å². The first-order chi connectivity index (χ1) is 10.1. The number of nitro groups is 1. The van der Waals surface area contributed by atoms with E-state index in [-0.39, 0.29) is 10.6 Å². The Morgan fingerprint density at radius 3 is 2.86 bits per heavy atom. The van der Waals surface area contributed by atoms with Crippen LogP contribution in [0, 0.1) is 10.1 Å². The van der Waals surface area contributed by atoms with E-state index < -0.39 is 10.8 Å². The molecule has 0 radical (unpaired) electrons. The number of imidazole rings is 1. The van der Waals surface area contributed by atoms with Crippen LogP contribution in [0.1, 0.15) is 10.4 Å². The molecule has 0 aliphatic rings. The minimum Gasteiger partial charge on any atom is -0.337 e. The van der Waals surface area contributed by atoms with Crippen molar-refractivity contribution in [3.8, 4) is 10.7 Å². The summed E-state index contributed by atoms with van der Waals surface area (Å²) < 4.78 is 0. The molecule has 1 aromatic carbocycles. The zero-order valence-electron chi connectivity index (χ0n) is 10.4. The maximum atomic E-state index is 11.3. The van der Waals surface area contributed by atoms with Crippen molar-refractivity contribution in [3.05, 3.63) is 46.0 Å². The molecular weight excluding hydrogens is 296 g/mol. The Balaban J connectivity index is 2.03. The molecule has 0 aliphatic heterocycles. The van der Waals surface area contributed by atoms with Crippen LogP contribution >= 0.6 is 11.3 Å². The molecule has 106 valence electrons. The molecule has 3 N–H and O–H groups in total. The number of hydroxylamine groups is 1. The molecule has 21 heavy (non-hydrogen) atoms. The number of benzene rings is 1. The zero-order valence-corrected chi connectivity index (χ0v) is 11.2. The highest BCUT2D eigenvalue weighted by atomic mass is 32.1. The first kappa shape index (κ1) is 13.2. The quantitative estimate of drug-likeness (QED) is 0.389. The van der Waals surface area contributed by atoms with Gasteiger partial charge in [-0.2, -0.15) is 0 Å². The third kappa shape index (κ3) is 2.35. The molecule has 0 fully saturated rings. The number of amides is 1. The van der Waals surface area contributed by atoms with Crippen LogP contribution < -0.4 is 5.48 Å². The van der Waals surface area contributed by atoms with E-state index in [1.54, 1.807) is 23.7 Å². The Kier molecular flexibility index (Phi) is 3.12. The van der Waals surface area contributed by atoms with Crippen LogP contribution in [0.25, 0.3) is 21.7 Å². The van der Waals surface area contributed by atoms with Crippen molar-refractivity contribution >= 4 is 33.3 Å². The van der Waals surface area contributed by atoms with Crippen LogP contribution in [0.3, 0.4) is 0 Å². The van der Waals surface area contributed by atoms with E-state index in [2.05, 4.69) is 9.97 Å². The molecule has 3 aromatic rings. The summed E-state index contributed by atoms with van der Waals surface area (Å²) in [5, 5.41) is 19.3. The van der Waals surface area contributed by atoms with E-state index in [4.69, 9.17) is 5.21 Å². The zero-order chi connectivity index (χ0) is 15.0. The van der Waals surface area contributed by atoms with E-state index >= 15 is 0 Å². The Morgan fingerprint density at radius 2 is 2.19 bits per heavy atom. The van der Waals surface area contributed by atoms with Crippen molar-refractivity contribution in [2.45, 2.75) is 0 Å². The number of H-pyrrole nitrogens is 1. The standard InChI is InChI=1S/C12H8N4O4S/c17-12(15-18)6-1-2-7-8(5-6)14-11(13-7)9-3-4-10(21-9)16(19)20/h1-5,18H,(H,13,14)(H,15,17). The van der Waals surface area contributed by atoms with Gasteiger partial charge in [0.2, 0.25) is 0 Å². The lowest BCUT2D eigenvalue weighted by Crippen LogP contribution is -2.18. The highest BCUT2D eigenvalue weighted by molar-refractivity contribution is 7.18. The molecule has 0 saturated carbocycles. The lowest BCUT2D eigenvalue weighted by Gasteiger charge is -1.97. The Bertz CT molecular complexity index is 854. The Hall–Kier alpha value is -2.78. The van der Waals surface area contributed by atoms with Gasteiger partial charge in [-0.1, -0.05) is 11.3 Å². The highest BCUT2D eigenvalue weighted by Gasteiger charge is 2.14. The number of fused-ring (bicyclic) bond motifs is 1. The van der Waals surface area contributed by atoms with Gasteiger partial charge >= 0.3 is 5.00 Å². The number of hydrogen-bond donors (Lipinski definition) is 3. The van der Waals surface area contributed by atoms with Gasteiger partial charge in [-0.25, -0.2) is 10.5 Å². The van der Waals surface area contributed by atoms with Gasteiger partial charge in [-0.3, -0.25) is 20.1 Å². The topological polar surface area (TPSA) is 121 Å². The van der Waals surface area contributed by atoms with E-state index in [0.717, 1.165) is 11.3 Å². The second-order valence-electron chi connectivity index (χ2n) is 4.15. The summed E-state index contributed by atoms with van der Waals surface area (Å²) in [6.45, 7) is 0. The minimum absolute atomic E-state index is 0.0332. The maximum Gasteiger partial charge on any atom is 0.324 e. The average Bonchev–Trinajstić information content (AvgIpc) is 3.11. The SMILES string of the molecule is O=C(NO)c1ccc2nc(-c3ccc([N+](=O)[O-])s3)[nH]c2c1. The number of nitrogens with one attached hydrogen (secondary N) is 2. The van der Waals surface area contributed by atoms with E-state index in [1.807, 2.05) is 0 Å². The molecule has 9 heteroatoms. The van der Waals surface area contributed by atoms with Gasteiger partial charge in [-0.15, -0.1) is 0 Å². The molecule has 3 rings (SSSR count). The maximum absolute atomic E-state index is 11.3. The number of carbonyl (C=O) groups excluding carboxylic acids is 1. The lowest BCUT2D eigenvalue weighted by molar-refractivity contribution is -0.380. The van der Waals surface area contributed by atoms with Crippen molar-refractivity contribution < 1.29 is 14.9 Å². The number of hydrogen-bond acceptors (Lipinski definition) is 6. The average molecular weight is 304 g/mol. The van der Waals surface area contributed by atoms with Crippen LogP contribution in [0.5, 0.6) is 0 Å². The predicted molar refractivity (Wildman–Crippen MR) is 75.3 cm³/mol. The fourth-order valence-electron chi connectivity index (χ4n) is 1.89. The summed E-state index contributed by atoms with van der Waals surface area (Å²) in [4.78, 5) is 29.5. The van der Waals surface area contributed by atoms with Crippen LogP contribution in [0.15, 0.2) is 30.3 Å². The first-order valence-electron chi connectivity index (χ1n) is 5.77. The van der Waals surface area contributed by atoms with Crippen molar-refractivity contribution in [2.24, 2.45) is 0 Å². The number of nitrogens with zero attached hydrogens (tertiary/aromatic N) is 2. The Labute approximate surface area is 121 Å². The van der Waals surface area contributed by atoms with E-state index in [0.29, 0.717) is 21.7 Å². The van der Waals surface area contributed by atoms with Gasteiger partial charge in [0.05, 0.1) is 20.8 Å². The number of carbonyl (C=O) groups is 1. The summed E-state index contributed by atoms with van der Waals surface area (Å²) in [5.74, 6) is -0.135. The molecule has 0 bridgehead atoms. The molecule has 2 aromatic heterocycles. The molecule has 2 heterocycles. The van der Waals surface area contributed by atoms with E-state index in [1.165, 1.54) is 12.1 Å². The van der Waals surface area contributed by atoms with Gasteiger partial charge in [0, 0.05) is 11.6 Å². The highest BCUT2D eigenvalue weighted by Crippen LogP contribution is 2.32. The molecule has 0 unspecified atom stereocenters. The van der Waals surface area contributed by atoms with Crippen molar-refractivity contribution in [1.82, 2.24) is 15.4 Å². The van der Waals surface area contributed by atoms with Gasteiger partial charge in [0.15, 0.2) is 0 Å². The fraction of sp³-hybridized carbons (Fsp3) is 0. The summed E-state index contributed by atoms with van der Waals surface area (Å²) >= 11 is 1.01. The molecule has 0 saturated heterocycles. The normalized spacial score (nSPS) is 10.7. The van der Waals surface area contributed by atoms with Crippen molar-refractivity contribution in [3.63, 3.8) is 0 Å². The number of rotatable bonds is 3. The third-order valence-electron chi connectivity index (χ3n) is 2.85. The van der Waals surface area contributed by atoms with Crippen LogP contribution in [0.4, 0.5) is 5.00 Å². The molecule has 0 aliphatic carbocycles. The van der Waals surface area contributed by atoms with Gasteiger partial charge < -0.3 is 4.98 Å². The van der Waals surface area contributed by atoms with Gasteiger partial charge in [0.1, 0.15) is 5.82 Å². The summed E-state index contributed by atoms with van der Waals surface area (Å²) in [7, 11) is 0. The van der Waals surface area contributed by atoms with Crippen LogP contribution in [-0.4, -0.2) is 26.0 Å². The second-order valence-corrected chi connectivity index (χ2v) is 5.22. The second kappa shape index (κ2) is 4.96. The van der Waals surface area contributed by atoms with Gasteiger partial charge in [0.25, 0.3) is 5.91 Å². The minimum atomic E-state index is -0.625. The smallest absolute Gasteiger partial charge is 0.324 e. The lowest BCUT2D eigenvalue weighted by atomic mass is 10.2. The fourth-order valence-corrected chi connectivity index (χ4v) is 2.65. The Morgan fingerprint density at radius 1 is 1.38 bits per heavy atom. The van der Waals surface area contributed by atoms with Crippen molar-refractivity contribution in [1.29, 1.82) is 0 Å². The molecule has 8 nitrogen and oxygen atoms in total. The molecular formula is C12H8N4O4S. The van der Waals surface area contributed by atoms with E-state index in [9.17, 15) is 14.9 Å². The predicted octanol–water partition coefficient (Wildman–Crippen LogP) is 2.32. The summed E-state index contributed by atoms with van der Waals surface area (Å²) in [5.41, 5.74) is 3.05. The van der Waals surface area contributed by atoms with Gasteiger partial charge in [-0.05, 0) is 24.3 Å². The van der Waals surface area contributed by atoms with Crippen LogP contribution in [-0.2, 0) is 0 Å². The molecule has 0 spiro atoms.